The largest absolute Gasteiger partial charge is 0.462 e. The summed E-state index contributed by atoms with van der Waals surface area (Å²) in [6.45, 7) is 3.63. The third-order valence-corrected chi connectivity index (χ3v) is 4.29. The molecule has 0 aliphatic carbocycles. The van der Waals surface area contributed by atoms with E-state index in [4.69, 9.17) is 16.3 Å². The fourth-order valence-electron chi connectivity index (χ4n) is 2.00. The predicted octanol–water partition coefficient (Wildman–Crippen LogP) is 3.21. The molecular weight excluding hydrogens is 356 g/mol. The number of rotatable bonds is 5. The molecule has 0 saturated carbocycles. The van der Waals surface area contributed by atoms with E-state index in [1.165, 1.54) is 0 Å². The maximum Gasteiger partial charge on any atom is 0.341 e. The Kier molecular flexibility index (Phi) is 5.43. The minimum absolute atomic E-state index is 0.0108. The molecule has 0 aliphatic heterocycles. The van der Waals surface area contributed by atoms with Crippen LogP contribution in [0.15, 0.2) is 35.5 Å². The summed E-state index contributed by atoms with van der Waals surface area (Å²) in [6, 6.07) is 7.14. The number of nitrogens with zero attached hydrogens (tertiary/aromatic N) is 1. The van der Waals surface area contributed by atoms with Crippen LogP contribution in [0.25, 0.3) is 0 Å². The van der Waals surface area contributed by atoms with Crippen molar-refractivity contribution in [2.24, 2.45) is 0 Å². The van der Waals surface area contributed by atoms with E-state index < -0.39 is 26.1 Å². The Morgan fingerprint density at radius 3 is 2.71 bits per heavy atom. The Balaban J connectivity index is 2.61. The monoisotopic (exact) mass is 370 g/mol. The Labute approximate surface area is 144 Å². The minimum atomic E-state index is -4.65. The van der Waals surface area contributed by atoms with Crippen LogP contribution in [0.3, 0.4) is 0 Å². The summed E-state index contributed by atoms with van der Waals surface area (Å²) in [4.78, 5) is 15.6. The second kappa shape index (κ2) is 7.16. The van der Waals surface area contributed by atoms with Gasteiger partial charge in [0.25, 0.3) is 0 Å². The van der Waals surface area contributed by atoms with Crippen LogP contribution in [0.1, 0.15) is 22.8 Å². The van der Waals surface area contributed by atoms with Gasteiger partial charge in [-0.05, 0) is 31.5 Å². The SMILES string of the molecule is CCOC(=O)c1cnc(S(=O)(=O)O)c(Cl)c1Nc1cccc(C)c1. The Morgan fingerprint density at radius 1 is 1.42 bits per heavy atom. The summed E-state index contributed by atoms with van der Waals surface area (Å²) in [6.07, 6.45) is 0.991. The van der Waals surface area contributed by atoms with Gasteiger partial charge in [-0.2, -0.15) is 8.42 Å². The van der Waals surface area contributed by atoms with Crippen LogP contribution < -0.4 is 5.32 Å². The van der Waals surface area contributed by atoms with Crippen molar-refractivity contribution in [3.8, 4) is 0 Å². The molecule has 0 fully saturated rings. The maximum absolute atomic E-state index is 12.1. The highest BCUT2D eigenvalue weighted by Crippen LogP contribution is 2.33. The molecule has 1 aromatic heterocycles. The highest BCUT2D eigenvalue weighted by Gasteiger charge is 2.25. The number of pyridine rings is 1. The highest BCUT2D eigenvalue weighted by atomic mass is 35.5. The van der Waals surface area contributed by atoms with Gasteiger partial charge in [0.05, 0.1) is 12.3 Å². The van der Waals surface area contributed by atoms with E-state index in [1.54, 1.807) is 25.1 Å². The summed E-state index contributed by atoms with van der Waals surface area (Å²) >= 11 is 6.06. The van der Waals surface area contributed by atoms with Gasteiger partial charge in [-0.1, -0.05) is 23.7 Å². The average molecular weight is 371 g/mol. The van der Waals surface area contributed by atoms with E-state index >= 15 is 0 Å². The van der Waals surface area contributed by atoms with E-state index in [0.29, 0.717) is 5.69 Å². The number of carbonyl (C=O) groups is 1. The molecule has 2 rings (SSSR count). The molecule has 0 bridgehead atoms. The number of benzene rings is 1. The summed E-state index contributed by atoms with van der Waals surface area (Å²) in [7, 11) is -4.65. The van der Waals surface area contributed by atoms with Crippen molar-refractivity contribution in [2.45, 2.75) is 18.9 Å². The number of esters is 1. The zero-order chi connectivity index (χ0) is 17.9. The van der Waals surface area contributed by atoms with Gasteiger partial charge in [0.1, 0.15) is 10.6 Å². The van der Waals surface area contributed by atoms with E-state index in [2.05, 4.69) is 10.3 Å². The lowest BCUT2D eigenvalue weighted by molar-refractivity contribution is 0.0527. The van der Waals surface area contributed by atoms with Gasteiger partial charge >= 0.3 is 16.1 Å². The summed E-state index contributed by atoms with van der Waals surface area (Å²) in [5.41, 5.74) is 1.46. The zero-order valence-electron chi connectivity index (χ0n) is 12.9. The van der Waals surface area contributed by atoms with Crippen LogP contribution in [0.5, 0.6) is 0 Å². The molecule has 0 amide bonds. The Morgan fingerprint density at radius 2 is 2.12 bits per heavy atom. The molecule has 0 saturated heterocycles. The average Bonchev–Trinajstić information content (AvgIpc) is 2.48. The van der Waals surface area contributed by atoms with Crippen molar-refractivity contribution in [1.29, 1.82) is 0 Å². The molecule has 0 atom stereocenters. The quantitative estimate of drug-likeness (QED) is 0.614. The van der Waals surface area contributed by atoms with Gasteiger partial charge in [0, 0.05) is 11.9 Å². The van der Waals surface area contributed by atoms with Gasteiger partial charge in [0.15, 0.2) is 0 Å². The first kappa shape index (κ1) is 18.2. The van der Waals surface area contributed by atoms with Crippen LogP contribution in [0, 0.1) is 6.92 Å². The van der Waals surface area contributed by atoms with Gasteiger partial charge in [0.2, 0.25) is 5.03 Å². The maximum atomic E-state index is 12.1. The second-order valence-electron chi connectivity index (χ2n) is 4.86. The number of hydrogen-bond acceptors (Lipinski definition) is 6. The van der Waals surface area contributed by atoms with E-state index in [9.17, 15) is 17.8 Å². The molecule has 9 heteroatoms. The number of aromatic nitrogens is 1. The molecule has 128 valence electrons. The second-order valence-corrected chi connectivity index (χ2v) is 6.57. The van der Waals surface area contributed by atoms with Crippen LogP contribution in [-0.4, -0.2) is 30.5 Å². The molecule has 2 N–H and O–H groups in total. The normalized spacial score (nSPS) is 11.2. The van der Waals surface area contributed by atoms with E-state index in [-0.39, 0.29) is 17.9 Å². The molecule has 2 aromatic rings. The first-order valence-electron chi connectivity index (χ1n) is 6.90. The van der Waals surface area contributed by atoms with Crippen molar-refractivity contribution < 1.29 is 22.5 Å². The van der Waals surface area contributed by atoms with Crippen LogP contribution in [-0.2, 0) is 14.9 Å². The Hall–Kier alpha value is -2.16. The summed E-state index contributed by atoms with van der Waals surface area (Å²) < 4.78 is 36.9. The first-order chi connectivity index (χ1) is 11.2. The first-order valence-corrected chi connectivity index (χ1v) is 8.72. The van der Waals surface area contributed by atoms with Crippen LogP contribution in [0.4, 0.5) is 11.4 Å². The van der Waals surface area contributed by atoms with E-state index in [1.807, 2.05) is 13.0 Å². The van der Waals surface area contributed by atoms with Crippen molar-refractivity contribution in [2.75, 3.05) is 11.9 Å². The number of hydrogen-bond donors (Lipinski definition) is 2. The molecule has 0 radical (unpaired) electrons. The zero-order valence-corrected chi connectivity index (χ0v) is 14.5. The van der Waals surface area contributed by atoms with Gasteiger partial charge < -0.3 is 10.1 Å². The number of aryl methyl sites for hydroxylation is 1. The highest BCUT2D eigenvalue weighted by molar-refractivity contribution is 7.85. The predicted molar refractivity (Wildman–Crippen MR) is 89.5 cm³/mol. The number of ether oxygens (including phenoxy) is 1. The molecular formula is C15H15ClN2O5S. The standard InChI is InChI=1S/C15H15ClN2O5S/c1-3-23-15(19)11-8-17-14(24(20,21)22)12(16)13(11)18-10-6-4-5-9(2)7-10/h4-8H,3H2,1-2H3,(H,17,18)(H,20,21,22). The third-order valence-electron chi connectivity index (χ3n) is 3.01. The summed E-state index contributed by atoms with van der Waals surface area (Å²) in [5, 5.41) is 1.74. The lowest BCUT2D eigenvalue weighted by atomic mass is 10.2. The summed E-state index contributed by atoms with van der Waals surface area (Å²) in [5.74, 6) is -0.719. The van der Waals surface area contributed by atoms with Gasteiger partial charge in [-0.15, -0.1) is 0 Å². The number of carbonyl (C=O) groups excluding carboxylic acids is 1. The van der Waals surface area contributed by atoms with Crippen molar-refractivity contribution in [3.05, 3.63) is 46.6 Å². The molecule has 0 spiro atoms. The Bertz CT molecular complexity index is 883. The number of nitrogens with one attached hydrogen (secondary N) is 1. The topological polar surface area (TPSA) is 106 Å². The van der Waals surface area contributed by atoms with Crippen LogP contribution in [0.2, 0.25) is 5.02 Å². The van der Waals surface area contributed by atoms with E-state index in [0.717, 1.165) is 11.8 Å². The fraction of sp³-hybridized carbons (Fsp3) is 0.200. The number of anilines is 2. The third kappa shape index (κ3) is 4.02. The van der Waals surface area contributed by atoms with Gasteiger partial charge in [-0.3, -0.25) is 4.55 Å². The molecule has 1 aromatic carbocycles. The molecule has 7 nitrogen and oxygen atoms in total. The lowest BCUT2D eigenvalue weighted by Gasteiger charge is -2.14. The van der Waals surface area contributed by atoms with Crippen LogP contribution >= 0.6 is 11.6 Å². The molecule has 0 unspecified atom stereocenters. The fourth-order valence-corrected chi connectivity index (χ4v) is 3.01. The lowest BCUT2D eigenvalue weighted by Crippen LogP contribution is -2.12. The van der Waals surface area contributed by atoms with Gasteiger partial charge in [-0.25, -0.2) is 9.78 Å². The molecule has 24 heavy (non-hydrogen) atoms. The van der Waals surface area contributed by atoms with Crippen molar-refractivity contribution in [1.82, 2.24) is 4.98 Å². The van der Waals surface area contributed by atoms with Crippen molar-refractivity contribution in [3.63, 3.8) is 0 Å². The minimum Gasteiger partial charge on any atom is -0.462 e. The number of halogens is 1. The molecule has 0 aliphatic rings. The smallest absolute Gasteiger partial charge is 0.341 e. The molecule has 1 heterocycles. The van der Waals surface area contributed by atoms with Crippen molar-refractivity contribution >= 4 is 39.1 Å².